The van der Waals surface area contributed by atoms with Gasteiger partial charge in [-0.05, 0) is 44.6 Å². The van der Waals surface area contributed by atoms with Crippen molar-refractivity contribution in [2.75, 3.05) is 26.7 Å². The number of nitrogens with zero attached hydrogens (tertiary/aromatic N) is 2. The number of carbonyl (C=O) groups excluding carboxylic acids is 1. The zero-order valence-electron chi connectivity index (χ0n) is 20.3. The van der Waals surface area contributed by atoms with Crippen molar-refractivity contribution in [1.82, 2.24) is 20.9 Å². The van der Waals surface area contributed by atoms with E-state index in [0.29, 0.717) is 11.9 Å². The molecule has 0 radical (unpaired) electrons. The molecule has 2 aliphatic carbocycles. The van der Waals surface area contributed by atoms with Crippen LogP contribution in [0.2, 0.25) is 0 Å². The molecule has 1 aromatic carbocycles. The van der Waals surface area contributed by atoms with E-state index in [9.17, 15) is 4.79 Å². The zero-order valence-corrected chi connectivity index (χ0v) is 22.6. The van der Waals surface area contributed by atoms with Crippen LogP contribution in [0.15, 0.2) is 35.3 Å². The molecule has 1 aliphatic heterocycles. The minimum atomic E-state index is 0. The van der Waals surface area contributed by atoms with Gasteiger partial charge in [0.05, 0.1) is 0 Å². The Kier molecular flexibility index (Phi) is 9.85. The summed E-state index contributed by atoms with van der Waals surface area (Å²) in [6, 6.07) is 11.3. The molecule has 1 heterocycles. The molecule has 4 rings (SSSR count). The smallest absolute Gasteiger partial charge is 0.225 e. The first-order valence-electron chi connectivity index (χ1n) is 12.7. The summed E-state index contributed by atoms with van der Waals surface area (Å²) in [6.45, 7) is 4.78. The number of hydrogen-bond donors (Lipinski definition) is 3. The normalized spacial score (nSPS) is 23.9. The molecule has 1 saturated heterocycles. The first kappa shape index (κ1) is 26.3. The molecule has 0 bridgehead atoms. The van der Waals surface area contributed by atoms with E-state index in [1.165, 1.54) is 44.1 Å². The van der Waals surface area contributed by atoms with Gasteiger partial charge in [-0.3, -0.25) is 9.79 Å². The number of nitrogens with one attached hydrogen (secondary N) is 3. The van der Waals surface area contributed by atoms with E-state index in [2.05, 4.69) is 63.1 Å². The highest BCUT2D eigenvalue weighted by Crippen LogP contribution is 2.32. The van der Waals surface area contributed by atoms with Crippen molar-refractivity contribution in [2.45, 2.75) is 82.3 Å². The quantitative estimate of drug-likeness (QED) is 0.262. The summed E-state index contributed by atoms with van der Waals surface area (Å²) >= 11 is 0. The third-order valence-corrected chi connectivity index (χ3v) is 7.75. The van der Waals surface area contributed by atoms with Gasteiger partial charge in [-0.2, -0.15) is 0 Å². The Morgan fingerprint density at radius 2 is 1.82 bits per heavy atom. The molecule has 7 heteroatoms. The third kappa shape index (κ3) is 6.84. The highest BCUT2D eigenvalue weighted by Gasteiger charge is 2.36. The Labute approximate surface area is 216 Å². The highest BCUT2D eigenvalue weighted by atomic mass is 127. The van der Waals surface area contributed by atoms with Gasteiger partial charge >= 0.3 is 0 Å². The lowest BCUT2D eigenvalue weighted by Crippen LogP contribution is -2.55. The summed E-state index contributed by atoms with van der Waals surface area (Å²) in [6.07, 6.45) is 10.5. The van der Waals surface area contributed by atoms with Gasteiger partial charge in [-0.25, -0.2) is 0 Å². The number of carbonyl (C=O) groups is 1. The van der Waals surface area contributed by atoms with Crippen LogP contribution < -0.4 is 16.0 Å². The van der Waals surface area contributed by atoms with E-state index in [4.69, 9.17) is 0 Å². The van der Waals surface area contributed by atoms with E-state index in [-0.39, 0.29) is 41.5 Å². The van der Waals surface area contributed by atoms with Crippen LogP contribution in [0.5, 0.6) is 0 Å². The monoisotopic (exact) mass is 567 g/mol. The molecule has 3 fully saturated rings. The topological polar surface area (TPSA) is 68.8 Å². The molecule has 3 N–H and O–H groups in total. The van der Waals surface area contributed by atoms with Crippen molar-refractivity contribution in [3.8, 4) is 0 Å². The maximum absolute atomic E-state index is 12.8. The fourth-order valence-electron chi connectivity index (χ4n) is 5.86. The Morgan fingerprint density at radius 1 is 1.12 bits per heavy atom. The zero-order chi connectivity index (χ0) is 22.4. The van der Waals surface area contributed by atoms with Crippen molar-refractivity contribution in [2.24, 2.45) is 10.9 Å². The fourth-order valence-corrected chi connectivity index (χ4v) is 5.86. The number of rotatable bonds is 7. The van der Waals surface area contributed by atoms with Crippen molar-refractivity contribution < 1.29 is 4.79 Å². The van der Waals surface area contributed by atoms with Gasteiger partial charge in [-0.15, -0.1) is 24.0 Å². The summed E-state index contributed by atoms with van der Waals surface area (Å²) < 4.78 is 0. The Morgan fingerprint density at radius 3 is 2.48 bits per heavy atom. The first-order valence-corrected chi connectivity index (χ1v) is 12.7. The van der Waals surface area contributed by atoms with Crippen LogP contribution in [-0.4, -0.2) is 55.0 Å². The van der Waals surface area contributed by atoms with Crippen molar-refractivity contribution in [3.05, 3.63) is 35.9 Å². The van der Waals surface area contributed by atoms with E-state index < -0.39 is 0 Å². The fraction of sp³-hybridized carbons (Fsp3) is 0.692. The van der Waals surface area contributed by atoms with Gasteiger partial charge < -0.3 is 20.9 Å². The lowest BCUT2D eigenvalue weighted by atomic mass is 9.94. The number of aliphatic imine (C=N–C) groups is 1. The molecule has 1 amide bonds. The summed E-state index contributed by atoms with van der Waals surface area (Å²) in [5.41, 5.74) is 1.42. The van der Waals surface area contributed by atoms with Crippen molar-refractivity contribution in [1.29, 1.82) is 0 Å². The predicted molar refractivity (Wildman–Crippen MR) is 146 cm³/mol. The highest BCUT2D eigenvalue weighted by molar-refractivity contribution is 14.0. The van der Waals surface area contributed by atoms with Crippen LogP contribution >= 0.6 is 24.0 Å². The van der Waals surface area contributed by atoms with Crippen molar-refractivity contribution in [3.63, 3.8) is 0 Å². The number of likely N-dealkylation sites (tertiary alicyclic amines) is 1. The molecular formula is C26H42IN5O. The largest absolute Gasteiger partial charge is 0.355 e. The Hall–Kier alpha value is -1.35. The van der Waals surface area contributed by atoms with E-state index in [0.717, 1.165) is 44.9 Å². The second kappa shape index (κ2) is 12.4. The maximum Gasteiger partial charge on any atom is 0.225 e. The molecule has 0 spiro atoms. The van der Waals surface area contributed by atoms with E-state index in [1.807, 2.05) is 7.05 Å². The minimum Gasteiger partial charge on any atom is -0.355 e. The summed E-state index contributed by atoms with van der Waals surface area (Å²) in [5.74, 6) is 1.50. The number of hydrogen-bond acceptors (Lipinski definition) is 3. The van der Waals surface area contributed by atoms with Crippen molar-refractivity contribution >= 4 is 35.8 Å². The van der Waals surface area contributed by atoms with E-state index in [1.54, 1.807) is 0 Å². The predicted octanol–water partition coefficient (Wildman–Crippen LogP) is 4.22. The van der Waals surface area contributed by atoms with Crippen LogP contribution in [0.1, 0.15) is 76.3 Å². The van der Waals surface area contributed by atoms with E-state index >= 15 is 0 Å². The van der Waals surface area contributed by atoms with Crippen LogP contribution in [0, 0.1) is 5.92 Å². The van der Waals surface area contributed by atoms with Gasteiger partial charge in [0.2, 0.25) is 5.91 Å². The summed E-state index contributed by atoms with van der Waals surface area (Å²) in [4.78, 5) is 19.3. The van der Waals surface area contributed by atoms with Crippen LogP contribution in [0.4, 0.5) is 0 Å². The molecule has 6 nitrogen and oxygen atoms in total. The van der Waals surface area contributed by atoms with Gasteiger partial charge in [0, 0.05) is 50.2 Å². The maximum atomic E-state index is 12.8. The number of halogens is 1. The molecule has 2 unspecified atom stereocenters. The first-order chi connectivity index (χ1) is 15.6. The Balaban J connectivity index is 0.00000306. The molecule has 3 aliphatic rings. The molecule has 2 atom stereocenters. The average Bonchev–Trinajstić information content (AvgIpc) is 3.59. The second-order valence-corrected chi connectivity index (χ2v) is 10.1. The van der Waals surface area contributed by atoms with Gasteiger partial charge in [0.15, 0.2) is 5.96 Å². The standard InChI is InChI=1S/C26H41N5O.HI/c1-20(21-10-4-3-5-11-21)30-26(15-8-9-16-26)19-28-25(27-2)29-23-14-17-31(18-23)24(32)22-12-6-7-13-22;/h3-5,10-11,20,22-23,30H,6-9,12-19H2,1-2H3,(H2,27,28,29);1H. The van der Waals surface area contributed by atoms with Gasteiger partial charge in [-0.1, -0.05) is 56.0 Å². The Bertz CT molecular complexity index is 774. The number of amides is 1. The summed E-state index contributed by atoms with van der Waals surface area (Å²) in [7, 11) is 1.84. The lowest BCUT2D eigenvalue weighted by molar-refractivity contribution is -0.134. The average molecular weight is 568 g/mol. The van der Waals surface area contributed by atoms with Gasteiger partial charge in [0.25, 0.3) is 0 Å². The summed E-state index contributed by atoms with van der Waals surface area (Å²) in [5, 5.41) is 11.1. The third-order valence-electron chi connectivity index (χ3n) is 7.75. The lowest BCUT2D eigenvalue weighted by Gasteiger charge is -2.35. The number of benzene rings is 1. The molecule has 2 saturated carbocycles. The second-order valence-electron chi connectivity index (χ2n) is 10.1. The molecule has 33 heavy (non-hydrogen) atoms. The SMILES string of the molecule is CN=C(NCC1(NC(C)c2ccccc2)CCCC1)NC1CCN(C(=O)C2CCCC2)C1.I. The van der Waals surface area contributed by atoms with Crippen LogP contribution in [0.25, 0.3) is 0 Å². The molecule has 1 aromatic rings. The van der Waals surface area contributed by atoms with Crippen LogP contribution in [-0.2, 0) is 4.79 Å². The number of guanidine groups is 1. The van der Waals surface area contributed by atoms with Crippen LogP contribution in [0.3, 0.4) is 0 Å². The molecular weight excluding hydrogens is 525 g/mol. The van der Waals surface area contributed by atoms with Gasteiger partial charge in [0.1, 0.15) is 0 Å². The molecule has 0 aromatic heterocycles. The molecule has 184 valence electrons. The minimum absolute atomic E-state index is 0.